The molecule has 0 aliphatic carbocycles. The van der Waals surface area contributed by atoms with Crippen molar-refractivity contribution in [1.82, 2.24) is 15.0 Å². The third kappa shape index (κ3) is 2.38. The van der Waals surface area contributed by atoms with Crippen molar-refractivity contribution < 1.29 is 9.53 Å². The molecule has 0 saturated carbocycles. The first-order chi connectivity index (χ1) is 9.10. The molecule has 0 fully saturated rings. The van der Waals surface area contributed by atoms with E-state index in [2.05, 4.69) is 20.3 Å². The summed E-state index contributed by atoms with van der Waals surface area (Å²) in [6, 6.07) is 0. The average molecular weight is 262 g/mol. The number of aromatic nitrogens is 3. The lowest BCUT2D eigenvalue weighted by molar-refractivity contribution is 0.111. The number of fused-ring (bicyclic) bond motifs is 1. The van der Waals surface area contributed by atoms with Gasteiger partial charge in [0, 0.05) is 7.05 Å². The summed E-state index contributed by atoms with van der Waals surface area (Å²) in [5, 5.41) is 3.02. The fraction of sp³-hybridized carbons (Fsp3) is 0.462. The smallest absolute Gasteiger partial charge is 0.176 e. The molecule has 6 heteroatoms. The largest absolute Gasteiger partial charge is 0.486 e. The number of ether oxygens (including phenoxy) is 1. The quantitative estimate of drug-likeness (QED) is 0.807. The van der Waals surface area contributed by atoms with E-state index in [1.54, 1.807) is 7.05 Å². The summed E-state index contributed by atoms with van der Waals surface area (Å²) in [4.78, 5) is 23.0. The molecule has 0 atom stereocenters. The van der Waals surface area contributed by atoms with Gasteiger partial charge >= 0.3 is 0 Å². The minimum Gasteiger partial charge on any atom is -0.486 e. The van der Waals surface area contributed by atoms with Gasteiger partial charge in [-0.15, -0.1) is 0 Å². The molecule has 0 spiro atoms. The number of hydrogen-bond acceptors (Lipinski definition) is 5. The minimum atomic E-state index is -0.0385. The third-order valence-electron chi connectivity index (χ3n) is 2.72. The SMILES string of the molecule is CCc1nc2[nH]c(C=O)c(OC(C)C)c2nc1NC. The number of carbonyl (C=O) groups excluding carboxylic acids is 1. The van der Waals surface area contributed by atoms with Crippen molar-refractivity contribution >= 4 is 23.3 Å². The zero-order valence-electron chi connectivity index (χ0n) is 11.6. The van der Waals surface area contributed by atoms with Crippen LogP contribution in [0.25, 0.3) is 11.2 Å². The first kappa shape index (κ1) is 13.3. The lowest BCUT2D eigenvalue weighted by atomic mass is 10.3. The highest BCUT2D eigenvalue weighted by atomic mass is 16.5. The molecule has 0 radical (unpaired) electrons. The molecular formula is C13H18N4O2. The number of nitrogens with zero attached hydrogens (tertiary/aromatic N) is 2. The molecular weight excluding hydrogens is 244 g/mol. The van der Waals surface area contributed by atoms with Gasteiger partial charge in [-0.1, -0.05) is 6.92 Å². The van der Waals surface area contributed by atoms with Crippen LogP contribution in [0.15, 0.2) is 0 Å². The molecule has 2 aromatic heterocycles. The molecule has 19 heavy (non-hydrogen) atoms. The first-order valence-corrected chi connectivity index (χ1v) is 6.32. The molecule has 2 rings (SSSR count). The van der Waals surface area contributed by atoms with Gasteiger partial charge in [-0.2, -0.15) is 0 Å². The van der Waals surface area contributed by atoms with Crippen molar-refractivity contribution in [3.63, 3.8) is 0 Å². The molecule has 0 aromatic carbocycles. The van der Waals surface area contributed by atoms with Crippen LogP contribution in [0.4, 0.5) is 5.82 Å². The maximum Gasteiger partial charge on any atom is 0.176 e. The van der Waals surface area contributed by atoms with Crippen LogP contribution in [0, 0.1) is 0 Å². The van der Waals surface area contributed by atoms with Gasteiger partial charge in [-0.25, -0.2) is 9.97 Å². The van der Waals surface area contributed by atoms with Gasteiger partial charge in [0.05, 0.1) is 11.8 Å². The van der Waals surface area contributed by atoms with Crippen molar-refractivity contribution in [1.29, 1.82) is 0 Å². The van der Waals surface area contributed by atoms with Gasteiger partial charge in [0.25, 0.3) is 0 Å². The Morgan fingerprint density at radius 2 is 2.16 bits per heavy atom. The number of carbonyl (C=O) groups is 1. The Hall–Kier alpha value is -2.11. The Balaban J connectivity index is 2.68. The lowest BCUT2D eigenvalue weighted by Gasteiger charge is -2.09. The molecule has 2 heterocycles. The van der Waals surface area contributed by atoms with Crippen LogP contribution < -0.4 is 10.1 Å². The van der Waals surface area contributed by atoms with E-state index >= 15 is 0 Å². The van der Waals surface area contributed by atoms with E-state index in [0.717, 1.165) is 18.4 Å². The Kier molecular flexibility index (Phi) is 3.69. The summed E-state index contributed by atoms with van der Waals surface area (Å²) in [7, 11) is 1.80. The first-order valence-electron chi connectivity index (χ1n) is 6.32. The summed E-state index contributed by atoms with van der Waals surface area (Å²) in [5.41, 5.74) is 2.38. The van der Waals surface area contributed by atoms with E-state index in [1.165, 1.54) is 0 Å². The molecule has 6 nitrogen and oxygen atoms in total. The fourth-order valence-electron chi connectivity index (χ4n) is 1.91. The van der Waals surface area contributed by atoms with E-state index in [-0.39, 0.29) is 6.10 Å². The summed E-state index contributed by atoms with van der Waals surface area (Å²) in [6.07, 6.45) is 1.45. The van der Waals surface area contributed by atoms with Crippen LogP contribution in [-0.2, 0) is 6.42 Å². The highest BCUT2D eigenvalue weighted by molar-refractivity contribution is 5.92. The standard InChI is InChI=1S/C13H18N4O2/c1-5-8-12(14-4)17-10-11(19-7(2)3)9(6-18)16-13(10)15-8/h6-7H,5H2,1-4H3,(H,14,17)(H,15,16). The number of aldehydes is 1. The normalized spacial score (nSPS) is 11.0. The van der Waals surface area contributed by atoms with Crippen molar-refractivity contribution in [2.45, 2.75) is 33.3 Å². The Bertz CT molecular complexity index is 604. The molecule has 2 N–H and O–H groups in total. The van der Waals surface area contributed by atoms with Gasteiger partial charge in [-0.3, -0.25) is 4.79 Å². The van der Waals surface area contributed by atoms with Crippen LogP contribution in [0.5, 0.6) is 5.75 Å². The molecule has 0 amide bonds. The Morgan fingerprint density at radius 1 is 1.42 bits per heavy atom. The molecule has 0 unspecified atom stereocenters. The number of nitrogens with one attached hydrogen (secondary N) is 2. The zero-order valence-corrected chi connectivity index (χ0v) is 11.6. The molecule has 0 saturated heterocycles. The third-order valence-corrected chi connectivity index (χ3v) is 2.72. The number of H-pyrrole nitrogens is 1. The van der Waals surface area contributed by atoms with Gasteiger partial charge in [0.15, 0.2) is 23.2 Å². The van der Waals surface area contributed by atoms with E-state index < -0.39 is 0 Å². The number of aryl methyl sites for hydroxylation is 1. The van der Waals surface area contributed by atoms with E-state index in [1.807, 2.05) is 20.8 Å². The summed E-state index contributed by atoms with van der Waals surface area (Å²) in [5.74, 6) is 1.17. The second kappa shape index (κ2) is 5.26. The van der Waals surface area contributed by atoms with Gasteiger partial charge in [0.1, 0.15) is 11.5 Å². The molecule has 0 aliphatic rings. The van der Waals surface area contributed by atoms with Crippen LogP contribution in [0.1, 0.15) is 37.0 Å². The number of rotatable bonds is 5. The Morgan fingerprint density at radius 3 is 2.68 bits per heavy atom. The van der Waals surface area contributed by atoms with Gasteiger partial charge < -0.3 is 15.0 Å². The lowest BCUT2D eigenvalue weighted by Crippen LogP contribution is -2.07. The highest BCUT2D eigenvalue weighted by Crippen LogP contribution is 2.29. The van der Waals surface area contributed by atoms with E-state index in [9.17, 15) is 4.79 Å². The van der Waals surface area contributed by atoms with Crippen LogP contribution in [0.3, 0.4) is 0 Å². The van der Waals surface area contributed by atoms with Crippen molar-refractivity contribution in [2.75, 3.05) is 12.4 Å². The predicted molar refractivity (Wildman–Crippen MR) is 74.0 cm³/mol. The number of anilines is 1. The Labute approximate surface area is 111 Å². The van der Waals surface area contributed by atoms with Crippen LogP contribution in [0.2, 0.25) is 0 Å². The van der Waals surface area contributed by atoms with Gasteiger partial charge in [-0.05, 0) is 20.3 Å². The summed E-state index contributed by atoms with van der Waals surface area (Å²) in [6.45, 7) is 5.81. The second-order valence-electron chi connectivity index (χ2n) is 4.47. The maximum atomic E-state index is 11.1. The minimum absolute atomic E-state index is 0.0385. The molecule has 0 bridgehead atoms. The second-order valence-corrected chi connectivity index (χ2v) is 4.47. The van der Waals surface area contributed by atoms with E-state index in [4.69, 9.17) is 4.74 Å². The van der Waals surface area contributed by atoms with Crippen molar-refractivity contribution in [2.24, 2.45) is 0 Å². The summed E-state index contributed by atoms with van der Waals surface area (Å²) >= 11 is 0. The maximum absolute atomic E-state index is 11.1. The van der Waals surface area contributed by atoms with Crippen molar-refractivity contribution in [3.8, 4) is 5.75 Å². The number of hydrogen-bond donors (Lipinski definition) is 2. The van der Waals surface area contributed by atoms with E-state index in [0.29, 0.717) is 28.4 Å². The zero-order chi connectivity index (χ0) is 14.0. The van der Waals surface area contributed by atoms with Crippen molar-refractivity contribution in [3.05, 3.63) is 11.4 Å². The number of aromatic amines is 1. The summed E-state index contributed by atoms with van der Waals surface area (Å²) < 4.78 is 5.67. The predicted octanol–water partition coefficient (Wildman–Crippen LogP) is 2.16. The van der Waals surface area contributed by atoms with Crippen LogP contribution >= 0.6 is 0 Å². The average Bonchev–Trinajstić information content (AvgIpc) is 2.73. The topological polar surface area (TPSA) is 79.9 Å². The van der Waals surface area contributed by atoms with Gasteiger partial charge in [0.2, 0.25) is 0 Å². The molecule has 0 aliphatic heterocycles. The molecule has 102 valence electrons. The monoisotopic (exact) mass is 262 g/mol. The fourth-order valence-corrected chi connectivity index (χ4v) is 1.91. The van der Waals surface area contributed by atoms with Crippen LogP contribution in [-0.4, -0.2) is 34.4 Å². The highest BCUT2D eigenvalue weighted by Gasteiger charge is 2.18. The molecule has 2 aromatic rings.